The summed E-state index contributed by atoms with van der Waals surface area (Å²) in [5.41, 5.74) is 0. The van der Waals surface area contributed by atoms with E-state index in [1.165, 1.54) is 12.8 Å². The molecule has 80 valence electrons. The van der Waals surface area contributed by atoms with Gasteiger partial charge in [-0.25, -0.2) is 4.79 Å². The van der Waals surface area contributed by atoms with Gasteiger partial charge in [0.25, 0.3) is 0 Å². The van der Waals surface area contributed by atoms with E-state index >= 15 is 0 Å². The highest BCUT2D eigenvalue weighted by molar-refractivity contribution is 6.05. The third kappa shape index (κ3) is 2.25. The lowest BCUT2D eigenvalue weighted by molar-refractivity contribution is 0.206. The number of amides is 2. The number of urea groups is 1. The Labute approximate surface area is 85.2 Å². The van der Waals surface area contributed by atoms with Gasteiger partial charge in [-0.15, -0.1) is 0 Å². The first kappa shape index (κ1) is 11.0. The predicted molar refractivity (Wildman–Crippen MR) is 56.6 cm³/mol. The van der Waals surface area contributed by atoms with Crippen molar-refractivity contribution in [3.8, 4) is 0 Å². The SMILES string of the molecule is CCCCCC1C(=N)NC(=O)N1CC. The summed E-state index contributed by atoms with van der Waals surface area (Å²) < 4.78 is 0. The minimum Gasteiger partial charge on any atom is -0.315 e. The molecule has 0 radical (unpaired) electrons. The van der Waals surface area contributed by atoms with Gasteiger partial charge in [-0.3, -0.25) is 10.7 Å². The molecule has 1 aliphatic rings. The maximum absolute atomic E-state index is 11.3. The van der Waals surface area contributed by atoms with Crippen molar-refractivity contribution in [3.63, 3.8) is 0 Å². The zero-order valence-electron chi connectivity index (χ0n) is 8.97. The predicted octanol–water partition coefficient (Wildman–Crippen LogP) is 1.96. The second-order valence-electron chi connectivity index (χ2n) is 3.64. The molecule has 0 aromatic rings. The van der Waals surface area contributed by atoms with Crippen molar-refractivity contribution in [2.24, 2.45) is 0 Å². The van der Waals surface area contributed by atoms with Crippen LogP contribution in [0.3, 0.4) is 0 Å². The Balaban J connectivity index is 2.48. The highest BCUT2D eigenvalue weighted by atomic mass is 16.2. The van der Waals surface area contributed by atoms with Gasteiger partial charge in [0.2, 0.25) is 0 Å². The molecule has 0 aromatic carbocycles. The van der Waals surface area contributed by atoms with Crippen LogP contribution in [0.15, 0.2) is 0 Å². The van der Waals surface area contributed by atoms with Crippen LogP contribution in [0.25, 0.3) is 0 Å². The number of nitrogens with zero attached hydrogens (tertiary/aromatic N) is 1. The van der Waals surface area contributed by atoms with Gasteiger partial charge >= 0.3 is 6.03 Å². The topological polar surface area (TPSA) is 56.2 Å². The number of unbranched alkanes of at least 4 members (excludes halogenated alkanes) is 2. The number of nitrogens with one attached hydrogen (secondary N) is 2. The van der Waals surface area contributed by atoms with Crippen molar-refractivity contribution in [3.05, 3.63) is 0 Å². The molecule has 0 bridgehead atoms. The van der Waals surface area contributed by atoms with Gasteiger partial charge in [-0.05, 0) is 13.3 Å². The van der Waals surface area contributed by atoms with Gasteiger partial charge in [0, 0.05) is 6.54 Å². The third-order valence-corrected chi connectivity index (χ3v) is 2.63. The summed E-state index contributed by atoms with van der Waals surface area (Å²) in [4.78, 5) is 13.1. The molecular formula is C10H19N3O. The first-order chi connectivity index (χ1) is 6.70. The second kappa shape index (κ2) is 4.98. The molecule has 1 aliphatic heterocycles. The molecule has 0 spiro atoms. The van der Waals surface area contributed by atoms with Crippen molar-refractivity contribution in [1.29, 1.82) is 5.41 Å². The van der Waals surface area contributed by atoms with E-state index in [2.05, 4.69) is 12.2 Å². The zero-order valence-corrected chi connectivity index (χ0v) is 8.97. The number of carbonyl (C=O) groups excluding carboxylic acids is 1. The summed E-state index contributed by atoms with van der Waals surface area (Å²) in [6, 6.07) is -0.113. The number of rotatable bonds is 5. The van der Waals surface area contributed by atoms with Crippen LogP contribution in [0.2, 0.25) is 0 Å². The molecule has 4 heteroatoms. The largest absolute Gasteiger partial charge is 0.323 e. The molecule has 2 amide bonds. The Morgan fingerprint density at radius 2 is 2.14 bits per heavy atom. The molecule has 0 saturated carbocycles. The Morgan fingerprint density at radius 3 is 2.71 bits per heavy atom. The first-order valence-corrected chi connectivity index (χ1v) is 5.36. The van der Waals surface area contributed by atoms with Crippen LogP contribution in [-0.2, 0) is 0 Å². The van der Waals surface area contributed by atoms with E-state index in [0.717, 1.165) is 12.8 Å². The molecule has 1 saturated heterocycles. The number of likely N-dealkylation sites (N-methyl/N-ethyl adjacent to an activating group) is 1. The Hall–Kier alpha value is -1.06. The Kier molecular flexibility index (Phi) is 3.92. The third-order valence-electron chi connectivity index (χ3n) is 2.63. The summed E-state index contributed by atoms with van der Waals surface area (Å²) in [5, 5.41) is 10.2. The molecule has 1 heterocycles. The quantitative estimate of drug-likeness (QED) is 0.650. The normalized spacial score (nSPS) is 21.6. The molecule has 1 unspecified atom stereocenters. The standard InChI is InChI=1S/C10H19N3O/c1-3-5-6-7-8-9(11)12-10(14)13(8)4-2/h8H,3-7H2,1-2H3,(H2,11,12,14). The average molecular weight is 197 g/mol. The molecule has 0 aliphatic carbocycles. The van der Waals surface area contributed by atoms with Crippen molar-refractivity contribution < 1.29 is 4.79 Å². The molecule has 4 nitrogen and oxygen atoms in total. The molecule has 2 N–H and O–H groups in total. The zero-order chi connectivity index (χ0) is 10.6. The number of hydrogen-bond acceptors (Lipinski definition) is 2. The summed E-state index contributed by atoms with van der Waals surface area (Å²) in [6.45, 7) is 4.79. The summed E-state index contributed by atoms with van der Waals surface area (Å²) in [7, 11) is 0. The van der Waals surface area contributed by atoms with Crippen LogP contribution in [0.1, 0.15) is 39.5 Å². The highest BCUT2D eigenvalue weighted by Crippen LogP contribution is 2.15. The number of amidine groups is 1. The summed E-state index contributed by atoms with van der Waals surface area (Å²) in [5.74, 6) is 0.368. The lowest BCUT2D eigenvalue weighted by atomic mass is 10.1. The maximum atomic E-state index is 11.3. The van der Waals surface area contributed by atoms with Crippen LogP contribution in [-0.4, -0.2) is 29.4 Å². The lowest BCUT2D eigenvalue weighted by Crippen LogP contribution is -2.34. The lowest BCUT2D eigenvalue weighted by Gasteiger charge is -2.20. The van der Waals surface area contributed by atoms with E-state index in [4.69, 9.17) is 5.41 Å². The monoisotopic (exact) mass is 197 g/mol. The smallest absolute Gasteiger partial charge is 0.315 e. The molecular weight excluding hydrogens is 178 g/mol. The van der Waals surface area contributed by atoms with Gasteiger partial charge in [0.1, 0.15) is 5.84 Å². The van der Waals surface area contributed by atoms with Gasteiger partial charge in [-0.2, -0.15) is 0 Å². The molecule has 1 atom stereocenters. The fraction of sp³-hybridized carbons (Fsp3) is 0.800. The van der Waals surface area contributed by atoms with E-state index in [0.29, 0.717) is 12.4 Å². The van der Waals surface area contributed by atoms with Gasteiger partial charge in [-0.1, -0.05) is 26.2 Å². The second-order valence-corrected chi connectivity index (χ2v) is 3.64. The van der Waals surface area contributed by atoms with Crippen molar-refractivity contribution in [1.82, 2.24) is 10.2 Å². The molecule has 0 aromatic heterocycles. The van der Waals surface area contributed by atoms with Crippen molar-refractivity contribution >= 4 is 11.9 Å². The van der Waals surface area contributed by atoms with Crippen molar-refractivity contribution in [2.75, 3.05) is 6.54 Å². The molecule has 1 fully saturated rings. The summed E-state index contributed by atoms with van der Waals surface area (Å²) in [6.07, 6.45) is 4.36. The van der Waals surface area contributed by atoms with E-state index < -0.39 is 0 Å². The van der Waals surface area contributed by atoms with Crippen LogP contribution >= 0.6 is 0 Å². The van der Waals surface area contributed by atoms with Crippen LogP contribution in [0, 0.1) is 5.41 Å². The fourth-order valence-electron chi connectivity index (χ4n) is 1.82. The average Bonchev–Trinajstić information content (AvgIpc) is 2.42. The van der Waals surface area contributed by atoms with Crippen molar-refractivity contribution in [2.45, 2.75) is 45.6 Å². The van der Waals surface area contributed by atoms with E-state index in [-0.39, 0.29) is 12.1 Å². The van der Waals surface area contributed by atoms with Crippen LogP contribution < -0.4 is 5.32 Å². The van der Waals surface area contributed by atoms with Gasteiger partial charge < -0.3 is 4.90 Å². The maximum Gasteiger partial charge on any atom is 0.323 e. The van der Waals surface area contributed by atoms with E-state index in [1.54, 1.807) is 4.90 Å². The minimum absolute atomic E-state index is 0.000880. The van der Waals surface area contributed by atoms with E-state index in [1.807, 2.05) is 6.92 Å². The van der Waals surface area contributed by atoms with Gasteiger partial charge in [0.15, 0.2) is 0 Å². The Bertz CT molecular complexity index is 227. The summed E-state index contributed by atoms with van der Waals surface area (Å²) >= 11 is 0. The molecule has 1 rings (SSSR count). The first-order valence-electron chi connectivity index (χ1n) is 5.36. The van der Waals surface area contributed by atoms with E-state index in [9.17, 15) is 4.79 Å². The fourth-order valence-corrected chi connectivity index (χ4v) is 1.82. The highest BCUT2D eigenvalue weighted by Gasteiger charge is 2.33. The number of hydrogen-bond donors (Lipinski definition) is 2. The minimum atomic E-state index is -0.112. The molecule has 14 heavy (non-hydrogen) atoms. The number of carbonyl (C=O) groups is 1. The van der Waals surface area contributed by atoms with Crippen LogP contribution in [0.4, 0.5) is 4.79 Å². The van der Waals surface area contributed by atoms with Gasteiger partial charge in [0.05, 0.1) is 6.04 Å². The Morgan fingerprint density at radius 1 is 1.43 bits per heavy atom. The van der Waals surface area contributed by atoms with Crippen LogP contribution in [0.5, 0.6) is 0 Å².